The maximum absolute atomic E-state index is 11.5. The summed E-state index contributed by atoms with van der Waals surface area (Å²) in [4.78, 5) is 4.17. The average Bonchev–Trinajstić information content (AvgIpc) is 3.01. The molecule has 26 heavy (non-hydrogen) atoms. The second kappa shape index (κ2) is 7.08. The molecule has 1 aliphatic heterocycles. The van der Waals surface area contributed by atoms with Crippen LogP contribution in [0.3, 0.4) is 0 Å². The molecular formula is C21H21NO3S. The lowest BCUT2D eigenvalue weighted by atomic mass is 10.0. The monoisotopic (exact) mass is 367 g/mol. The number of aromatic nitrogens is 1. The van der Waals surface area contributed by atoms with E-state index in [4.69, 9.17) is 4.74 Å². The Balaban J connectivity index is 1.43. The molecule has 2 aromatic carbocycles. The Hall–Kier alpha value is -2.40. The number of ether oxygens (including phenoxy) is 1. The van der Waals surface area contributed by atoms with Crippen LogP contribution in [-0.2, 0) is 9.84 Å². The van der Waals surface area contributed by atoms with Gasteiger partial charge in [0.2, 0.25) is 0 Å². The lowest BCUT2D eigenvalue weighted by Crippen LogP contribution is -2.09. The molecule has 0 bridgehead atoms. The van der Waals surface area contributed by atoms with Crippen molar-refractivity contribution in [3.05, 3.63) is 60.9 Å². The molecule has 5 heteroatoms. The third-order valence-electron chi connectivity index (χ3n) is 4.93. The van der Waals surface area contributed by atoms with E-state index in [1.165, 1.54) is 0 Å². The molecule has 4 nitrogen and oxygen atoms in total. The van der Waals surface area contributed by atoms with Gasteiger partial charge in [0.05, 0.1) is 18.1 Å². The molecule has 1 fully saturated rings. The van der Waals surface area contributed by atoms with Crippen LogP contribution in [0.15, 0.2) is 60.9 Å². The Morgan fingerprint density at radius 3 is 2.65 bits per heavy atom. The van der Waals surface area contributed by atoms with Crippen molar-refractivity contribution in [1.29, 1.82) is 0 Å². The first-order valence-electron chi connectivity index (χ1n) is 8.86. The first-order valence-corrected chi connectivity index (χ1v) is 10.7. The maximum atomic E-state index is 11.5. The van der Waals surface area contributed by atoms with E-state index in [-0.39, 0.29) is 5.92 Å². The summed E-state index contributed by atoms with van der Waals surface area (Å²) in [5, 5.41) is 2.28. The van der Waals surface area contributed by atoms with Gasteiger partial charge in [-0.1, -0.05) is 24.3 Å². The summed E-state index contributed by atoms with van der Waals surface area (Å²) < 4.78 is 28.9. The van der Waals surface area contributed by atoms with Gasteiger partial charge < -0.3 is 4.74 Å². The van der Waals surface area contributed by atoms with Crippen LogP contribution in [0, 0.1) is 5.92 Å². The fraction of sp³-hybridized carbons (Fsp3) is 0.286. The quantitative estimate of drug-likeness (QED) is 0.681. The zero-order valence-corrected chi connectivity index (χ0v) is 15.3. The van der Waals surface area contributed by atoms with Crippen LogP contribution in [0.1, 0.15) is 12.8 Å². The van der Waals surface area contributed by atoms with Crippen LogP contribution in [0.5, 0.6) is 5.75 Å². The predicted molar refractivity (Wildman–Crippen MR) is 104 cm³/mol. The van der Waals surface area contributed by atoms with Crippen molar-refractivity contribution in [3.8, 4) is 16.9 Å². The SMILES string of the molecule is O=S1(=O)CCC(CCOc2ccc3cc(-c4cccnc4)ccc3c2)C1. The average molecular weight is 367 g/mol. The van der Waals surface area contributed by atoms with Gasteiger partial charge in [-0.15, -0.1) is 0 Å². The van der Waals surface area contributed by atoms with Gasteiger partial charge in [-0.05, 0) is 59.4 Å². The van der Waals surface area contributed by atoms with Gasteiger partial charge in [0.15, 0.2) is 9.84 Å². The molecule has 3 aromatic rings. The third kappa shape index (κ3) is 3.88. The van der Waals surface area contributed by atoms with Gasteiger partial charge in [0.25, 0.3) is 0 Å². The molecule has 0 spiro atoms. The van der Waals surface area contributed by atoms with Crippen molar-refractivity contribution in [2.45, 2.75) is 12.8 Å². The van der Waals surface area contributed by atoms with Gasteiger partial charge in [-0.2, -0.15) is 0 Å². The minimum absolute atomic E-state index is 0.238. The third-order valence-corrected chi connectivity index (χ3v) is 6.77. The molecule has 1 saturated heterocycles. The van der Waals surface area contributed by atoms with E-state index >= 15 is 0 Å². The maximum Gasteiger partial charge on any atom is 0.150 e. The van der Waals surface area contributed by atoms with Crippen molar-refractivity contribution < 1.29 is 13.2 Å². The highest BCUT2D eigenvalue weighted by Gasteiger charge is 2.27. The fourth-order valence-electron chi connectivity index (χ4n) is 3.47. The minimum Gasteiger partial charge on any atom is -0.494 e. The zero-order valence-electron chi connectivity index (χ0n) is 14.5. The first kappa shape index (κ1) is 17.0. The van der Waals surface area contributed by atoms with E-state index in [1.807, 2.05) is 24.4 Å². The number of hydrogen-bond donors (Lipinski definition) is 0. The van der Waals surface area contributed by atoms with E-state index in [9.17, 15) is 8.42 Å². The predicted octanol–water partition coefficient (Wildman–Crippen LogP) is 4.11. The lowest BCUT2D eigenvalue weighted by molar-refractivity contribution is 0.286. The molecule has 0 amide bonds. The van der Waals surface area contributed by atoms with Crippen molar-refractivity contribution in [1.82, 2.24) is 4.98 Å². The number of nitrogens with zero attached hydrogens (tertiary/aromatic N) is 1. The normalized spacial score (nSPS) is 18.8. The fourth-order valence-corrected chi connectivity index (χ4v) is 5.38. The largest absolute Gasteiger partial charge is 0.494 e. The highest BCUT2D eigenvalue weighted by Crippen LogP contribution is 2.27. The Morgan fingerprint density at radius 1 is 1.04 bits per heavy atom. The summed E-state index contributed by atoms with van der Waals surface area (Å²) in [6, 6.07) is 16.4. The Bertz CT molecular complexity index is 1020. The Morgan fingerprint density at radius 2 is 1.88 bits per heavy atom. The van der Waals surface area contributed by atoms with E-state index in [0.29, 0.717) is 18.1 Å². The van der Waals surface area contributed by atoms with Crippen molar-refractivity contribution >= 4 is 20.6 Å². The van der Waals surface area contributed by atoms with Gasteiger partial charge in [-0.25, -0.2) is 8.42 Å². The van der Waals surface area contributed by atoms with Gasteiger partial charge in [0.1, 0.15) is 5.75 Å². The van der Waals surface area contributed by atoms with E-state index in [2.05, 4.69) is 35.3 Å². The van der Waals surface area contributed by atoms with Gasteiger partial charge in [0, 0.05) is 18.0 Å². The second-order valence-corrected chi connectivity index (χ2v) is 9.10. The van der Waals surface area contributed by atoms with Crippen molar-refractivity contribution in [2.24, 2.45) is 5.92 Å². The molecule has 134 valence electrons. The summed E-state index contributed by atoms with van der Waals surface area (Å²) in [6.07, 6.45) is 5.19. The molecule has 2 heterocycles. The van der Waals surface area contributed by atoms with Crippen LogP contribution in [0.4, 0.5) is 0 Å². The Kier molecular flexibility index (Phi) is 4.64. The number of rotatable bonds is 5. The molecule has 0 radical (unpaired) electrons. The standard InChI is InChI=1S/C21H21NO3S/c23-26(24)11-8-16(15-26)7-10-25-21-6-5-17-12-18(3-4-19(17)13-21)20-2-1-9-22-14-20/h1-6,9,12-14,16H,7-8,10-11,15H2. The molecule has 1 unspecified atom stereocenters. The number of hydrogen-bond acceptors (Lipinski definition) is 4. The summed E-state index contributed by atoms with van der Waals surface area (Å²) >= 11 is 0. The zero-order chi connectivity index (χ0) is 18.0. The lowest BCUT2D eigenvalue weighted by Gasteiger charge is -2.11. The summed E-state index contributed by atoms with van der Waals surface area (Å²) in [5.74, 6) is 1.70. The molecular weight excluding hydrogens is 346 g/mol. The van der Waals surface area contributed by atoms with E-state index in [1.54, 1.807) is 6.20 Å². The minimum atomic E-state index is -2.81. The first-order chi connectivity index (χ1) is 12.6. The molecule has 0 saturated carbocycles. The highest BCUT2D eigenvalue weighted by molar-refractivity contribution is 7.91. The smallest absolute Gasteiger partial charge is 0.150 e. The molecule has 0 N–H and O–H groups in total. The van der Waals surface area contributed by atoms with E-state index < -0.39 is 9.84 Å². The summed E-state index contributed by atoms with van der Waals surface area (Å²) in [7, 11) is -2.81. The van der Waals surface area contributed by atoms with Crippen molar-refractivity contribution in [2.75, 3.05) is 18.1 Å². The molecule has 1 aromatic heterocycles. The number of benzene rings is 2. The van der Waals surface area contributed by atoms with Gasteiger partial charge >= 0.3 is 0 Å². The van der Waals surface area contributed by atoms with Gasteiger partial charge in [-0.3, -0.25) is 4.98 Å². The van der Waals surface area contributed by atoms with Crippen molar-refractivity contribution in [3.63, 3.8) is 0 Å². The molecule has 0 aliphatic carbocycles. The van der Waals surface area contributed by atoms with Crippen LogP contribution in [0.2, 0.25) is 0 Å². The molecule has 1 aliphatic rings. The highest BCUT2D eigenvalue weighted by atomic mass is 32.2. The summed E-state index contributed by atoms with van der Waals surface area (Å²) in [6.45, 7) is 0.555. The van der Waals surface area contributed by atoms with Crippen LogP contribution in [-0.4, -0.2) is 31.5 Å². The van der Waals surface area contributed by atoms with Crippen LogP contribution in [0.25, 0.3) is 21.9 Å². The number of pyridine rings is 1. The van der Waals surface area contributed by atoms with Crippen LogP contribution < -0.4 is 4.74 Å². The second-order valence-electron chi connectivity index (χ2n) is 6.87. The van der Waals surface area contributed by atoms with E-state index in [0.717, 1.165) is 40.5 Å². The number of fused-ring (bicyclic) bond motifs is 1. The van der Waals surface area contributed by atoms with Crippen LogP contribution >= 0.6 is 0 Å². The Labute approximate surface area is 153 Å². The molecule has 1 atom stereocenters. The number of sulfone groups is 1. The summed E-state index contributed by atoms with van der Waals surface area (Å²) in [5.41, 5.74) is 2.24. The topological polar surface area (TPSA) is 56.3 Å². The molecule has 4 rings (SSSR count).